The van der Waals surface area contributed by atoms with Crippen molar-refractivity contribution in [2.24, 2.45) is 0 Å². The minimum Gasteiger partial charge on any atom is -0.454 e. The van der Waals surface area contributed by atoms with Crippen LogP contribution in [0.3, 0.4) is 0 Å². The summed E-state index contributed by atoms with van der Waals surface area (Å²) >= 11 is 5.88. The lowest BCUT2D eigenvalue weighted by Gasteiger charge is -2.16. The Kier molecular flexibility index (Phi) is 6.79. The molecule has 0 aliphatic heterocycles. The van der Waals surface area contributed by atoms with Gasteiger partial charge < -0.3 is 10.5 Å². The van der Waals surface area contributed by atoms with Gasteiger partial charge in [0.25, 0.3) is 5.56 Å². The van der Waals surface area contributed by atoms with Crippen LogP contribution < -0.4 is 17.0 Å². The predicted molar refractivity (Wildman–Crippen MR) is 132 cm³/mol. The summed E-state index contributed by atoms with van der Waals surface area (Å²) in [5, 5.41) is 0.987. The first-order valence-electron chi connectivity index (χ1n) is 10.7. The highest BCUT2D eigenvalue weighted by molar-refractivity contribution is 6.29. The molecule has 0 saturated heterocycles. The van der Waals surface area contributed by atoms with Gasteiger partial charge in [0.15, 0.2) is 6.61 Å². The second kappa shape index (κ2) is 9.94. The Labute approximate surface area is 204 Å². The molecule has 2 aromatic heterocycles. The molecule has 2 aromatic carbocycles. The van der Waals surface area contributed by atoms with Crippen molar-refractivity contribution < 1.29 is 14.3 Å². The standard InChI is InChI=1S/C25H21ClN4O5/c1-2-29-23(32)21(22(27)30(25(29)34)13-15-6-4-3-5-7-15)19(31)14-35-24(33)17-8-10-18-16(12-17)9-11-20(26)28-18/h3-12H,2,13-14,27H2,1H3. The molecule has 4 rings (SSSR count). The Bertz CT molecular complexity index is 1560. The number of Topliss-reactive ketones (excluding diaryl/α,β-unsaturated/α-hetero) is 1. The van der Waals surface area contributed by atoms with Crippen molar-refractivity contribution in [1.29, 1.82) is 0 Å². The first kappa shape index (κ1) is 23.9. The molecule has 2 heterocycles. The maximum Gasteiger partial charge on any atom is 0.338 e. The highest BCUT2D eigenvalue weighted by Crippen LogP contribution is 2.18. The van der Waals surface area contributed by atoms with Crippen molar-refractivity contribution in [1.82, 2.24) is 14.1 Å². The minimum absolute atomic E-state index is 0.0436. The summed E-state index contributed by atoms with van der Waals surface area (Å²) in [6.45, 7) is 1.01. The van der Waals surface area contributed by atoms with E-state index in [9.17, 15) is 19.2 Å². The largest absolute Gasteiger partial charge is 0.454 e. The number of ketones is 1. The monoisotopic (exact) mass is 492 g/mol. The van der Waals surface area contributed by atoms with Gasteiger partial charge in [-0.25, -0.2) is 14.6 Å². The second-order valence-corrected chi connectivity index (χ2v) is 8.09. The normalized spacial score (nSPS) is 10.9. The van der Waals surface area contributed by atoms with Crippen molar-refractivity contribution in [3.63, 3.8) is 0 Å². The summed E-state index contributed by atoms with van der Waals surface area (Å²) in [5.74, 6) is -1.84. The van der Waals surface area contributed by atoms with E-state index in [4.69, 9.17) is 22.1 Å². The molecule has 0 spiro atoms. The third kappa shape index (κ3) is 4.85. The number of hydrogen-bond acceptors (Lipinski definition) is 7. The summed E-state index contributed by atoms with van der Waals surface area (Å²) < 4.78 is 7.25. The predicted octanol–water partition coefficient (Wildman–Crippen LogP) is 2.90. The number of nitrogen functional groups attached to an aromatic ring is 1. The number of anilines is 1. The van der Waals surface area contributed by atoms with E-state index >= 15 is 0 Å². The molecule has 2 N–H and O–H groups in total. The second-order valence-electron chi connectivity index (χ2n) is 7.70. The minimum atomic E-state index is -0.825. The number of nitrogens with two attached hydrogens (primary N) is 1. The van der Waals surface area contributed by atoms with Crippen LogP contribution >= 0.6 is 11.6 Å². The van der Waals surface area contributed by atoms with Crippen LogP contribution in [0.5, 0.6) is 0 Å². The zero-order valence-corrected chi connectivity index (χ0v) is 19.5. The summed E-state index contributed by atoms with van der Waals surface area (Å²) in [5.41, 5.74) is 5.83. The maximum absolute atomic E-state index is 12.9. The average Bonchev–Trinajstić information content (AvgIpc) is 2.85. The number of ether oxygens (including phenoxy) is 1. The van der Waals surface area contributed by atoms with Gasteiger partial charge >= 0.3 is 11.7 Å². The first-order chi connectivity index (χ1) is 16.8. The van der Waals surface area contributed by atoms with E-state index in [0.29, 0.717) is 16.1 Å². The highest BCUT2D eigenvalue weighted by atomic mass is 35.5. The summed E-state index contributed by atoms with van der Waals surface area (Å²) in [7, 11) is 0. The van der Waals surface area contributed by atoms with Crippen LogP contribution in [0.25, 0.3) is 10.9 Å². The number of benzene rings is 2. The van der Waals surface area contributed by atoms with Crippen LogP contribution in [-0.2, 0) is 17.8 Å². The van der Waals surface area contributed by atoms with Crippen molar-refractivity contribution in [3.05, 3.63) is 103 Å². The smallest absolute Gasteiger partial charge is 0.338 e. The van der Waals surface area contributed by atoms with Crippen molar-refractivity contribution in [2.45, 2.75) is 20.0 Å². The van der Waals surface area contributed by atoms with Gasteiger partial charge in [-0.15, -0.1) is 0 Å². The van der Waals surface area contributed by atoms with Crippen molar-refractivity contribution in [2.75, 3.05) is 12.3 Å². The zero-order chi connectivity index (χ0) is 25.1. The number of fused-ring (bicyclic) bond motifs is 1. The van der Waals surface area contributed by atoms with Crippen LogP contribution in [-0.4, -0.2) is 32.5 Å². The molecule has 9 nitrogen and oxygen atoms in total. The van der Waals surface area contributed by atoms with Gasteiger partial charge in [-0.3, -0.25) is 18.7 Å². The number of hydrogen-bond donors (Lipinski definition) is 1. The van der Waals surface area contributed by atoms with Crippen LogP contribution in [0, 0.1) is 0 Å². The fraction of sp³-hybridized carbons (Fsp3) is 0.160. The molecular weight excluding hydrogens is 472 g/mol. The molecule has 10 heteroatoms. The maximum atomic E-state index is 12.9. The molecule has 0 amide bonds. The summed E-state index contributed by atoms with van der Waals surface area (Å²) in [6, 6.07) is 17.0. The molecule has 0 radical (unpaired) electrons. The summed E-state index contributed by atoms with van der Waals surface area (Å²) in [6.07, 6.45) is 0. The lowest BCUT2D eigenvalue weighted by molar-refractivity contribution is 0.0474. The molecule has 0 bridgehead atoms. The number of carbonyl (C=O) groups is 2. The third-order valence-electron chi connectivity index (χ3n) is 5.47. The SMILES string of the molecule is CCn1c(=O)c(C(=O)COC(=O)c2ccc3nc(Cl)ccc3c2)c(N)n(Cc2ccccc2)c1=O. The Morgan fingerprint density at radius 3 is 2.49 bits per heavy atom. The van der Waals surface area contributed by atoms with Gasteiger partial charge in [0, 0.05) is 11.9 Å². The van der Waals surface area contributed by atoms with Crippen LogP contribution in [0.4, 0.5) is 5.82 Å². The third-order valence-corrected chi connectivity index (χ3v) is 5.68. The molecule has 178 valence electrons. The molecule has 4 aromatic rings. The van der Waals surface area contributed by atoms with Crippen LogP contribution in [0.2, 0.25) is 5.15 Å². The molecule has 35 heavy (non-hydrogen) atoms. The Hall–Kier alpha value is -4.24. The molecule has 0 fully saturated rings. The highest BCUT2D eigenvalue weighted by Gasteiger charge is 2.23. The molecule has 0 aliphatic rings. The topological polar surface area (TPSA) is 126 Å². The molecule has 0 atom stereocenters. The number of nitrogens with zero attached hydrogens (tertiary/aromatic N) is 3. The number of esters is 1. The van der Waals surface area contributed by atoms with Gasteiger partial charge in [-0.2, -0.15) is 0 Å². The first-order valence-corrected chi connectivity index (χ1v) is 11.1. The molecule has 0 aliphatic carbocycles. The van der Waals surface area contributed by atoms with E-state index < -0.39 is 35.2 Å². The van der Waals surface area contributed by atoms with Crippen LogP contribution in [0.15, 0.2) is 70.3 Å². The van der Waals surface area contributed by atoms with Crippen LogP contribution in [0.1, 0.15) is 33.2 Å². The van der Waals surface area contributed by atoms with Gasteiger partial charge in [0.05, 0.1) is 17.6 Å². The van der Waals surface area contributed by atoms with E-state index in [-0.39, 0.29) is 24.5 Å². The van der Waals surface area contributed by atoms with Gasteiger partial charge in [0.1, 0.15) is 16.5 Å². The number of halogens is 1. The lowest BCUT2D eigenvalue weighted by Crippen LogP contribution is -2.44. The van der Waals surface area contributed by atoms with Crippen molar-refractivity contribution in [3.8, 4) is 0 Å². The van der Waals surface area contributed by atoms with Gasteiger partial charge in [0.2, 0.25) is 5.78 Å². The lowest BCUT2D eigenvalue weighted by atomic mass is 10.1. The Morgan fingerprint density at radius 2 is 1.77 bits per heavy atom. The Balaban J connectivity index is 1.60. The van der Waals surface area contributed by atoms with E-state index in [2.05, 4.69) is 4.98 Å². The molecule has 0 saturated carbocycles. The average molecular weight is 493 g/mol. The van der Waals surface area contributed by atoms with E-state index in [1.165, 1.54) is 6.07 Å². The molecular formula is C25H21ClN4O5. The molecule has 0 unspecified atom stereocenters. The summed E-state index contributed by atoms with van der Waals surface area (Å²) in [4.78, 5) is 55.4. The van der Waals surface area contributed by atoms with E-state index in [1.807, 2.05) is 6.07 Å². The van der Waals surface area contributed by atoms with Gasteiger partial charge in [-0.1, -0.05) is 41.9 Å². The van der Waals surface area contributed by atoms with E-state index in [0.717, 1.165) is 14.7 Å². The fourth-order valence-corrected chi connectivity index (χ4v) is 3.84. The number of pyridine rings is 1. The fourth-order valence-electron chi connectivity index (χ4n) is 3.69. The van der Waals surface area contributed by atoms with E-state index in [1.54, 1.807) is 55.5 Å². The zero-order valence-electron chi connectivity index (χ0n) is 18.7. The number of rotatable bonds is 7. The number of aromatic nitrogens is 3. The Morgan fingerprint density at radius 1 is 1.03 bits per heavy atom. The quantitative estimate of drug-likeness (QED) is 0.239. The van der Waals surface area contributed by atoms with Gasteiger partial charge in [-0.05, 0) is 42.8 Å². The number of carbonyl (C=O) groups excluding carboxylic acids is 2. The van der Waals surface area contributed by atoms with Crippen molar-refractivity contribution >= 4 is 40.1 Å².